The summed E-state index contributed by atoms with van der Waals surface area (Å²) in [6.45, 7) is 0. The first-order chi connectivity index (χ1) is 0. The van der Waals surface area contributed by atoms with E-state index in [2.05, 4.69) is 0 Å². The molecule has 0 aromatic carbocycles. The SMILES string of the molecule is O.O.O.O.O.O.O.O.O.O.O.O.O.O.O.O.O.O.O.O.O.O.O.O.O.O.O.O.O.O.O.O.O.O.O.[CH3-].[CH3-].[CH3-].[CH3-].[CH3-].[Cr+2].[Cr].[Cr].[Cr].[Cr].[Cr].[Cr].[Cr].[Cr]. The first-order valence-corrected chi connectivity index (χ1v) is 0. The van der Waals surface area contributed by atoms with Gasteiger partial charge in [-0.2, -0.15) is 0 Å². The van der Waals surface area contributed by atoms with E-state index in [9.17, 15) is 0 Å². The molecule has 0 atom stereocenters. The molecule has 0 bridgehead atoms. The summed E-state index contributed by atoms with van der Waals surface area (Å²) in [4.78, 5) is 0. The van der Waals surface area contributed by atoms with Crippen LogP contribution in [0, 0.1) is 37.1 Å². The van der Waals surface area contributed by atoms with Crippen LogP contribution in [0.25, 0.3) is 0 Å². The number of hydrogen-bond donors (Lipinski definition) is 0. The molecule has 0 aliphatic heterocycles. The van der Waals surface area contributed by atoms with E-state index in [0.717, 1.165) is 0 Å². The van der Waals surface area contributed by atoms with E-state index in [1.165, 1.54) is 0 Å². The molecule has 0 unspecified atom stereocenters. The fourth-order valence-electron chi connectivity index (χ4n) is 0. The Morgan fingerprint density at radius 1 is 0.0816 bits per heavy atom. The first-order valence-electron chi connectivity index (χ1n) is 0. The second-order valence-electron chi connectivity index (χ2n) is 0. The zero-order valence-corrected chi connectivity index (χ0v) is 37.6. The minimum absolute atomic E-state index is 0. The molecule has 0 aromatic rings. The average Bonchev–Trinajstić information content (AvgIpc) is 0. The molecule has 0 rings (SSSR count). The Balaban J connectivity index is 0. The van der Waals surface area contributed by atoms with Crippen LogP contribution in [0.3, 0.4) is 0 Å². The Morgan fingerprint density at radius 3 is 0.0816 bits per heavy atom. The van der Waals surface area contributed by atoms with Gasteiger partial charge in [0.25, 0.3) is 0 Å². The van der Waals surface area contributed by atoms with Gasteiger partial charge in [-0.25, -0.2) is 0 Å². The van der Waals surface area contributed by atoms with Crippen molar-refractivity contribution in [3.05, 3.63) is 37.1 Å². The molecule has 0 amide bonds. The van der Waals surface area contributed by atoms with Gasteiger partial charge in [-0.3, -0.25) is 0 Å². The second-order valence-corrected chi connectivity index (χ2v) is 0. The molecule has 0 saturated carbocycles. The third-order valence-corrected chi connectivity index (χ3v) is 0. The Hall–Kier alpha value is 3.39. The van der Waals surface area contributed by atoms with Gasteiger partial charge >= 0.3 is 17.4 Å². The van der Waals surface area contributed by atoms with Crippen molar-refractivity contribution in [1.82, 2.24) is 0 Å². The summed E-state index contributed by atoms with van der Waals surface area (Å²) in [5.41, 5.74) is 0. The third kappa shape index (κ3) is 10900. The molecule has 0 spiro atoms. The Labute approximate surface area is 382 Å². The van der Waals surface area contributed by atoms with E-state index in [1.54, 1.807) is 0 Å². The van der Waals surface area contributed by atoms with Crippen LogP contribution in [-0.2, 0) is 156 Å². The molecular formula is C5H85Cr9O35-3. The molecular weight excluding hydrogens is 1090 g/mol. The molecule has 44 heteroatoms. The topological polar surface area (TPSA) is 1100 Å². The van der Waals surface area contributed by atoms with Crippen LogP contribution in [0.2, 0.25) is 0 Å². The fourth-order valence-corrected chi connectivity index (χ4v) is 0. The van der Waals surface area contributed by atoms with Crippen molar-refractivity contribution in [2.24, 2.45) is 0 Å². The van der Waals surface area contributed by atoms with Crippen LogP contribution in [0.4, 0.5) is 0 Å². The Kier molecular flexibility index (Phi) is 2780000. The summed E-state index contributed by atoms with van der Waals surface area (Å²) in [5, 5.41) is 0. The van der Waals surface area contributed by atoms with Gasteiger partial charge in [0.15, 0.2) is 0 Å². The van der Waals surface area contributed by atoms with Crippen molar-refractivity contribution < 1.29 is 348 Å². The second kappa shape index (κ2) is 11300. The van der Waals surface area contributed by atoms with Gasteiger partial charge in [0.2, 0.25) is 0 Å². The summed E-state index contributed by atoms with van der Waals surface area (Å²) in [6.07, 6.45) is 0. The largest absolute Gasteiger partial charge is 2.00 e. The molecule has 35 nitrogen and oxygen atoms in total. The van der Waals surface area contributed by atoms with Gasteiger partial charge < -0.3 is 229 Å². The molecule has 70 N–H and O–H groups in total. The van der Waals surface area contributed by atoms with Crippen molar-refractivity contribution in [3.8, 4) is 0 Å². The van der Waals surface area contributed by atoms with E-state index in [0.29, 0.717) is 0 Å². The van der Waals surface area contributed by atoms with Crippen LogP contribution in [-0.4, -0.2) is 192 Å². The molecule has 0 heterocycles. The number of hydrogen-bond acceptors (Lipinski definition) is 0. The molecule has 0 aliphatic rings. The quantitative estimate of drug-likeness (QED) is 0.204. The fraction of sp³-hybridized carbons (Fsp3) is 0. The van der Waals surface area contributed by atoms with E-state index in [1.807, 2.05) is 0 Å². The third-order valence-electron chi connectivity index (χ3n) is 0. The van der Waals surface area contributed by atoms with Gasteiger partial charge in [0.05, 0.1) is 0 Å². The normalized spacial score (nSPS) is 0. The van der Waals surface area contributed by atoms with Gasteiger partial charge in [-0.15, -0.1) is 0 Å². The van der Waals surface area contributed by atoms with E-state index >= 15 is 0 Å². The molecule has 0 aromatic heterocycles. The van der Waals surface area contributed by atoms with E-state index in [4.69, 9.17) is 0 Å². The van der Waals surface area contributed by atoms with Gasteiger partial charge in [-0.05, 0) is 0 Å². The zero-order chi connectivity index (χ0) is 0. The predicted molar refractivity (Wildman–Crippen MR) is 159 cm³/mol. The van der Waals surface area contributed by atoms with Crippen molar-refractivity contribution in [3.63, 3.8) is 0 Å². The Bertz CT molecular complexity index is 55.5. The molecule has 0 aliphatic carbocycles. The van der Waals surface area contributed by atoms with Crippen LogP contribution in [0.15, 0.2) is 0 Å². The summed E-state index contributed by atoms with van der Waals surface area (Å²) < 4.78 is 0. The summed E-state index contributed by atoms with van der Waals surface area (Å²) >= 11 is 0. The molecule has 0 saturated heterocycles. The van der Waals surface area contributed by atoms with Gasteiger partial charge in [0, 0.05) is 139 Å². The average molecular weight is 1170 g/mol. The summed E-state index contributed by atoms with van der Waals surface area (Å²) in [6, 6.07) is 0. The van der Waals surface area contributed by atoms with Crippen LogP contribution >= 0.6 is 0 Å². The minimum atomic E-state index is 0. The van der Waals surface area contributed by atoms with Crippen LogP contribution < -0.4 is 0 Å². The summed E-state index contributed by atoms with van der Waals surface area (Å²) in [5.74, 6) is 0. The summed E-state index contributed by atoms with van der Waals surface area (Å²) in [7, 11) is 0. The van der Waals surface area contributed by atoms with Crippen molar-refractivity contribution in [2.75, 3.05) is 0 Å². The van der Waals surface area contributed by atoms with Crippen LogP contribution in [0.1, 0.15) is 0 Å². The maximum atomic E-state index is 0. The molecule has 49 heavy (non-hydrogen) atoms. The Morgan fingerprint density at radius 2 is 0.0816 bits per heavy atom. The van der Waals surface area contributed by atoms with Gasteiger partial charge in [-0.1, -0.05) is 0 Å². The zero-order valence-electron chi connectivity index (χ0n) is 26.2. The monoisotopic (exact) mass is 1170 g/mol. The standard InChI is InChI=1S/5CH3.9Cr.35H2O/h5*1H3;;;;;;;;;;35*1H2/q5*-1;;;;;;;;;+2;;;;;;;;;;;;;;;;;;;;;;;;;;;;;;;;;;;. The minimum Gasteiger partial charge on any atom is -0.412 e. The van der Waals surface area contributed by atoms with Crippen molar-refractivity contribution in [2.45, 2.75) is 0 Å². The van der Waals surface area contributed by atoms with Crippen molar-refractivity contribution in [1.29, 1.82) is 0 Å². The van der Waals surface area contributed by atoms with Gasteiger partial charge in [0.1, 0.15) is 0 Å². The predicted octanol–water partition coefficient (Wildman–Crippen LogP) is -26.6. The number of rotatable bonds is 0. The van der Waals surface area contributed by atoms with E-state index < -0.39 is 0 Å². The molecule has 372 valence electrons. The molecule has 0 radical (unpaired) electrons. The first kappa shape index (κ1) is 12000. The van der Waals surface area contributed by atoms with Crippen LogP contribution in [0.5, 0.6) is 0 Å². The van der Waals surface area contributed by atoms with Crippen molar-refractivity contribution >= 4 is 0 Å². The smallest absolute Gasteiger partial charge is 0.412 e. The van der Waals surface area contributed by atoms with E-state index in [-0.39, 0.29) is 385 Å². The maximum Gasteiger partial charge on any atom is 2.00 e. The maximum absolute atomic E-state index is 0. The molecule has 0 fully saturated rings.